The first-order valence-corrected chi connectivity index (χ1v) is 5.33. The molecule has 0 aromatic carbocycles. The number of hydrogen-bond donors (Lipinski definition) is 0. The molecule has 0 unspecified atom stereocenters. The van der Waals surface area contributed by atoms with Gasteiger partial charge in [-0.05, 0) is 11.6 Å². The van der Waals surface area contributed by atoms with Crippen LogP contribution >= 0.6 is 23.1 Å². The maximum Gasteiger partial charge on any atom is 0.224 e. The molecule has 0 spiro atoms. The van der Waals surface area contributed by atoms with Crippen LogP contribution < -0.4 is 0 Å². The number of aromatic nitrogens is 5. The van der Waals surface area contributed by atoms with Crippen molar-refractivity contribution >= 4 is 23.1 Å². The summed E-state index contributed by atoms with van der Waals surface area (Å²) in [6.45, 7) is 0. The molecule has 3 rings (SSSR count). The fraction of sp³-hybridized carbons (Fsp3) is 0. The highest BCUT2D eigenvalue weighted by molar-refractivity contribution is 7.05. The molecule has 2 aliphatic heterocycles. The van der Waals surface area contributed by atoms with E-state index in [4.69, 9.17) is 11.6 Å². The number of rotatable bonds is 1. The van der Waals surface area contributed by atoms with Crippen LogP contribution in [0.3, 0.4) is 0 Å². The summed E-state index contributed by atoms with van der Waals surface area (Å²) in [4.78, 5) is 7.95. The molecule has 7 heteroatoms. The number of nitrogens with zero attached hydrogens (tertiary/aromatic N) is 5. The van der Waals surface area contributed by atoms with Crippen molar-refractivity contribution in [3.05, 3.63) is 29.1 Å². The Morgan fingerprint density at radius 2 is 2.33 bits per heavy atom. The third kappa shape index (κ3) is 1.38. The summed E-state index contributed by atoms with van der Waals surface area (Å²) >= 11 is 7.22. The number of halogens is 1. The van der Waals surface area contributed by atoms with E-state index in [0.29, 0.717) is 0 Å². The molecule has 0 amide bonds. The normalized spacial score (nSPS) is 11.0. The minimum Gasteiger partial charge on any atom is -0.245 e. The summed E-state index contributed by atoms with van der Waals surface area (Å²) in [5, 5.41) is 9.93. The average Bonchev–Trinajstić information content (AvgIpc) is 2.77. The zero-order chi connectivity index (χ0) is 10.3. The van der Waals surface area contributed by atoms with Crippen LogP contribution in [0.2, 0.25) is 5.28 Å². The molecule has 0 atom stereocenters. The first kappa shape index (κ1) is 8.75. The van der Waals surface area contributed by atoms with Crippen LogP contribution in [0.1, 0.15) is 0 Å². The third-order valence-corrected chi connectivity index (χ3v) is 3.02. The minimum absolute atomic E-state index is 0.231. The summed E-state index contributed by atoms with van der Waals surface area (Å²) < 4.78 is 1.91. The van der Waals surface area contributed by atoms with Crippen molar-refractivity contribution in [2.45, 2.75) is 0 Å². The SMILES string of the molecule is Clc1nccc(-n2scc3nncc2-3)n1. The molecule has 0 N–H and O–H groups in total. The summed E-state index contributed by atoms with van der Waals surface area (Å²) in [6.07, 6.45) is 3.31. The fourth-order valence-corrected chi connectivity index (χ4v) is 2.26. The Morgan fingerprint density at radius 3 is 3.20 bits per heavy atom. The van der Waals surface area contributed by atoms with Gasteiger partial charge in [0.2, 0.25) is 5.28 Å². The van der Waals surface area contributed by atoms with Gasteiger partial charge in [0.15, 0.2) is 5.82 Å². The molecule has 3 heterocycles. The predicted molar refractivity (Wildman–Crippen MR) is 56.5 cm³/mol. The second kappa shape index (κ2) is 3.25. The van der Waals surface area contributed by atoms with Crippen molar-refractivity contribution in [1.29, 1.82) is 0 Å². The fourth-order valence-electron chi connectivity index (χ4n) is 1.28. The maximum absolute atomic E-state index is 5.72. The lowest BCUT2D eigenvalue weighted by atomic mass is 10.4. The Balaban J connectivity index is 2.19. The third-order valence-electron chi connectivity index (χ3n) is 1.92. The summed E-state index contributed by atoms with van der Waals surface area (Å²) in [7, 11) is 0. The molecular weight excluding hydrogens is 234 g/mol. The molecule has 0 saturated carbocycles. The summed E-state index contributed by atoms with van der Waals surface area (Å²) in [5.41, 5.74) is 1.78. The highest BCUT2D eigenvalue weighted by atomic mass is 35.5. The lowest BCUT2D eigenvalue weighted by Crippen LogP contribution is -1.95. The van der Waals surface area contributed by atoms with E-state index in [1.807, 2.05) is 9.34 Å². The Kier molecular flexibility index (Phi) is 1.90. The minimum atomic E-state index is 0.231. The van der Waals surface area contributed by atoms with E-state index < -0.39 is 0 Å². The largest absolute Gasteiger partial charge is 0.245 e. The van der Waals surface area contributed by atoms with Gasteiger partial charge in [-0.15, -0.1) is 5.10 Å². The maximum atomic E-state index is 5.72. The monoisotopic (exact) mass is 237 g/mol. The van der Waals surface area contributed by atoms with E-state index in [0.717, 1.165) is 17.2 Å². The average molecular weight is 238 g/mol. The van der Waals surface area contributed by atoms with Crippen LogP contribution in [0.25, 0.3) is 17.2 Å². The molecule has 0 aliphatic carbocycles. The van der Waals surface area contributed by atoms with E-state index in [2.05, 4.69) is 20.2 Å². The Bertz CT molecular complexity index is 574. The van der Waals surface area contributed by atoms with Crippen LogP contribution in [0, 0.1) is 0 Å². The van der Waals surface area contributed by atoms with Crippen molar-refractivity contribution in [3.8, 4) is 17.2 Å². The van der Waals surface area contributed by atoms with E-state index in [1.165, 1.54) is 11.5 Å². The predicted octanol–water partition coefficient (Wildman–Crippen LogP) is 1.88. The van der Waals surface area contributed by atoms with Gasteiger partial charge in [0, 0.05) is 17.6 Å². The van der Waals surface area contributed by atoms with Gasteiger partial charge in [-0.1, -0.05) is 11.5 Å². The lowest BCUT2D eigenvalue weighted by Gasteiger charge is -2.01. The Morgan fingerprint density at radius 1 is 1.40 bits per heavy atom. The van der Waals surface area contributed by atoms with Gasteiger partial charge in [-0.3, -0.25) is 0 Å². The lowest BCUT2D eigenvalue weighted by molar-refractivity contribution is 1.05. The van der Waals surface area contributed by atoms with Gasteiger partial charge in [-0.25, -0.2) is 8.94 Å². The van der Waals surface area contributed by atoms with Gasteiger partial charge in [0.05, 0.1) is 6.20 Å². The van der Waals surface area contributed by atoms with Gasteiger partial charge in [-0.2, -0.15) is 10.1 Å². The molecule has 0 radical (unpaired) electrons. The molecular formula is C8H4ClN5S. The first-order chi connectivity index (χ1) is 7.34. The van der Waals surface area contributed by atoms with Crippen molar-refractivity contribution in [1.82, 2.24) is 24.1 Å². The van der Waals surface area contributed by atoms with E-state index in [-0.39, 0.29) is 5.28 Å². The molecule has 5 nitrogen and oxygen atoms in total. The molecule has 1 aromatic rings. The molecule has 2 aliphatic rings. The zero-order valence-electron chi connectivity index (χ0n) is 7.33. The summed E-state index contributed by atoms with van der Waals surface area (Å²) in [5.74, 6) is 0.727. The van der Waals surface area contributed by atoms with Gasteiger partial charge >= 0.3 is 0 Å². The van der Waals surface area contributed by atoms with Gasteiger partial charge in [0.1, 0.15) is 11.4 Å². The second-order valence-electron chi connectivity index (χ2n) is 2.82. The molecule has 0 saturated heterocycles. The molecule has 74 valence electrons. The zero-order valence-corrected chi connectivity index (χ0v) is 8.90. The first-order valence-electron chi connectivity index (χ1n) is 4.11. The number of hydrogen-bond acceptors (Lipinski definition) is 5. The quantitative estimate of drug-likeness (QED) is 0.607. The molecule has 0 fully saturated rings. The second-order valence-corrected chi connectivity index (χ2v) is 3.97. The van der Waals surface area contributed by atoms with Crippen LogP contribution in [0.5, 0.6) is 0 Å². The van der Waals surface area contributed by atoms with Gasteiger partial charge < -0.3 is 0 Å². The van der Waals surface area contributed by atoms with E-state index in [1.54, 1.807) is 18.5 Å². The molecule has 0 bridgehead atoms. The number of fused-ring (bicyclic) bond motifs is 1. The van der Waals surface area contributed by atoms with Gasteiger partial charge in [0.25, 0.3) is 0 Å². The smallest absolute Gasteiger partial charge is 0.224 e. The standard InChI is InChI=1S/C8H4ClN5S/c9-8-10-2-1-7(12-8)14-6-3-11-13-5(6)4-15-14/h1-4H. The van der Waals surface area contributed by atoms with Crippen LogP contribution in [-0.4, -0.2) is 24.1 Å². The van der Waals surface area contributed by atoms with Crippen molar-refractivity contribution < 1.29 is 0 Å². The Hall–Kier alpha value is -1.53. The van der Waals surface area contributed by atoms with Crippen molar-refractivity contribution in [3.63, 3.8) is 0 Å². The van der Waals surface area contributed by atoms with E-state index >= 15 is 0 Å². The Labute approximate surface area is 93.9 Å². The van der Waals surface area contributed by atoms with E-state index in [9.17, 15) is 0 Å². The van der Waals surface area contributed by atoms with Crippen LogP contribution in [-0.2, 0) is 0 Å². The van der Waals surface area contributed by atoms with Crippen molar-refractivity contribution in [2.75, 3.05) is 0 Å². The molecule has 1 aromatic heterocycles. The summed E-state index contributed by atoms with van der Waals surface area (Å²) in [6, 6.07) is 1.79. The van der Waals surface area contributed by atoms with Crippen LogP contribution in [0.15, 0.2) is 23.8 Å². The molecule has 15 heavy (non-hydrogen) atoms. The highest BCUT2D eigenvalue weighted by Gasteiger charge is 2.14. The topological polar surface area (TPSA) is 56.5 Å². The van der Waals surface area contributed by atoms with Crippen LogP contribution in [0.4, 0.5) is 0 Å². The highest BCUT2D eigenvalue weighted by Crippen LogP contribution is 2.26. The van der Waals surface area contributed by atoms with Crippen molar-refractivity contribution in [2.24, 2.45) is 0 Å².